The molecule has 0 saturated carbocycles. The highest BCUT2D eigenvalue weighted by Crippen LogP contribution is 2.15. The van der Waals surface area contributed by atoms with Crippen molar-refractivity contribution in [3.05, 3.63) is 11.1 Å². The van der Waals surface area contributed by atoms with Crippen LogP contribution in [0, 0.1) is 0 Å². The van der Waals surface area contributed by atoms with Gasteiger partial charge in [0.05, 0.1) is 6.04 Å². The second-order valence-electron chi connectivity index (χ2n) is 2.87. The van der Waals surface area contributed by atoms with Crippen LogP contribution in [-0.4, -0.2) is 22.7 Å². The number of ketones is 1. The maximum Gasteiger partial charge on any atom is 0.242 e. The van der Waals surface area contributed by atoms with Gasteiger partial charge in [0.2, 0.25) is 5.91 Å². The summed E-state index contributed by atoms with van der Waals surface area (Å²) in [4.78, 5) is 25.9. The van der Waals surface area contributed by atoms with Crippen molar-refractivity contribution in [3.8, 4) is 0 Å². The Balaban J connectivity index is 2.69. The van der Waals surface area contributed by atoms with Gasteiger partial charge in [-0.2, -0.15) is 0 Å². The van der Waals surface area contributed by atoms with Gasteiger partial charge in [-0.15, -0.1) is 11.3 Å². The third kappa shape index (κ3) is 2.61. The Morgan fingerprint density at radius 1 is 1.64 bits per heavy atom. The van der Waals surface area contributed by atoms with Crippen molar-refractivity contribution < 1.29 is 9.59 Å². The number of hydrogen-bond acceptors (Lipinski definition) is 5. The van der Waals surface area contributed by atoms with Crippen LogP contribution in [0.1, 0.15) is 24.3 Å². The summed E-state index contributed by atoms with van der Waals surface area (Å²) in [6.07, 6.45) is 0. The van der Waals surface area contributed by atoms with E-state index in [1.54, 1.807) is 12.3 Å². The van der Waals surface area contributed by atoms with Crippen LogP contribution in [0.25, 0.3) is 0 Å². The van der Waals surface area contributed by atoms with Gasteiger partial charge in [-0.3, -0.25) is 9.59 Å². The number of amides is 1. The predicted molar refractivity (Wildman–Crippen MR) is 54.4 cm³/mol. The van der Waals surface area contributed by atoms with Crippen molar-refractivity contribution in [2.24, 2.45) is 5.73 Å². The zero-order valence-electron chi connectivity index (χ0n) is 7.90. The van der Waals surface area contributed by atoms with E-state index < -0.39 is 6.04 Å². The number of thiazole rings is 1. The molecule has 76 valence electrons. The van der Waals surface area contributed by atoms with Crippen molar-refractivity contribution in [1.29, 1.82) is 0 Å². The van der Waals surface area contributed by atoms with Crippen molar-refractivity contribution >= 4 is 28.2 Å². The Bertz CT molecular complexity index is 359. The molecule has 1 atom stereocenters. The van der Waals surface area contributed by atoms with Crippen molar-refractivity contribution in [3.63, 3.8) is 0 Å². The van der Waals surface area contributed by atoms with E-state index in [9.17, 15) is 9.59 Å². The quantitative estimate of drug-likeness (QED) is 0.721. The molecule has 1 aromatic heterocycles. The Morgan fingerprint density at radius 2 is 2.29 bits per heavy atom. The molecular formula is C8H11N3O2S. The highest BCUT2D eigenvalue weighted by atomic mass is 32.1. The molecule has 5 nitrogen and oxygen atoms in total. The smallest absolute Gasteiger partial charge is 0.242 e. The summed E-state index contributed by atoms with van der Waals surface area (Å²) in [7, 11) is 0. The number of carbonyl (C=O) groups is 2. The summed E-state index contributed by atoms with van der Waals surface area (Å²) in [5, 5.41) is 4.50. The largest absolute Gasteiger partial charge is 0.320 e. The summed E-state index contributed by atoms with van der Waals surface area (Å²) in [5.41, 5.74) is 5.70. The molecule has 0 aliphatic rings. The Morgan fingerprint density at radius 3 is 2.71 bits per heavy atom. The first-order chi connectivity index (χ1) is 6.50. The second-order valence-corrected chi connectivity index (χ2v) is 3.73. The first kappa shape index (κ1) is 10.8. The fourth-order valence-electron chi connectivity index (χ4n) is 0.712. The van der Waals surface area contributed by atoms with Crippen LogP contribution in [-0.2, 0) is 4.79 Å². The lowest BCUT2D eigenvalue weighted by Gasteiger charge is -2.03. The number of rotatable bonds is 3. The number of nitrogens with zero attached hydrogens (tertiary/aromatic N) is 1. The normalized spacial score (nSPS) is 12.2. The van der Waals surface area contributed by atoms with Gasteiger partial charge in [0, 0.05) is 12.3 Å². The topological polar surface area (TPSA) is 85.1 Å². The van der Waals surface area contributed by atoms with E-state index in [4.69, 9.17) is 5.73 Å². The number of aromatic nitrogens is 1. The van der Waals surface area contributed by atoms with E-state index >= 15 is 0 Å². The number of carbonyl (C=O) groups excluding carboxylic acids is 2. The predicted octanol–water partition coefficient (Wildman–Crippen LogP) is 0.631. The molecule has 0 unspecified atom stereocenters. The summed E-state index contributed by atoms with van der Waals surface area (Å²) in [5.74, 6) is -0.433. The summed E-state index contributed by atoms with van der Waals surface area (Å²) in [6, 6.07) is -0.584. The van der Waals surface area contributed by atoms with E-state index in [1.165, 1.54) is 18.3 Å². The lowest BCUT2D eigenvalue weighted by Crippen LogP contribution is -2.32. The van der Waals surface area contributed by atoms with E-state index in [0.717, 1.165) is 0 Å². The van der Waals surface area contributed by atoms with Crippen LogP contribution in [0.15, 0.2) is 5.38 Å². The molecule has 1 heterocycles. The summed E-state index contributed by atoms with van der Waals surface area (Å²) in [6.45, 7) is 3.00. The summed E-state index contributed by atoms with van der Waals surface area (Å²) < 4.78 is 0. The first-order valence-electron chi connectivity index (χ1n) is 4.03. The van der Waals surface area contributed by atoms with Crippen LogP contribution >= 0.6 is 11.3 Å². The van der Waals surface area contributed by atoms with Gasteiger partial charge in [0.25, 0.3) is 0 Å². The lowest BCUT2D eigenvalue weighted by molar-refractivity contribution is -0.117. The Labute approximate surface area is 85.3 Å². The van der Waals surface area contributed by atoms with Crippen LogP contribution in [0.3, 0.4) is 0 Å². The highest BCUT2D eigenvalue weighted by Gasteiger charge is 2.11. The van der Waals surface area contributed by atoms with Crippen LogP contribution in [0.2, 0.25) is 0 Å². The second kappa shape index (κ2) is 4.30. The van der Waals surface area contributed by atoms with Gasteiger partial charge in [-0.1, -0.05) is 0 Å². The molecule has 0 aliphatic carbocycles. The number of anilines is 1. The average Bonchev–Trinajstić information content (AvgIpc) is 2.52. The van der Waals surface area contributed by atoms with Crippen molar-refractivity contribution in [1.82, 2.24) is 4.98 Å². The van der Waals surface area contributed by atoms with Gasteiger partial charge in [0.15, 0.2) is 10.9 Å². The van der Waals surface area contributed by atoms with Gasteiger partial charge in [-0.05, 0) is 6.92 Å². The highest BCUT2D eigenvalue weighted by molar-refractivity contribution is 7.14. The van der Waals surface area contributed by atoms with Gasteiger partial charge in [0.1, 0.15) is 5.69 Å². The van der Waals surface area contributed by atoms with E-state index in [1.807, 2.05) is 0 Å². The molecule has 0 aromatic carbocycles. The first-order valence-corrected chi connectivity index (χ1v) is 4.91. The number of nitrogens with one attached hydrogen (secondary N) is 1. The Hall–Kier alpha value is -1.27. The minimum atomic E-state index is -0.584. The minimum Gasteiger partial charge on any atom is -0.320 e. The molecule has 1 aromatic rings. The van der Waals surface area contributed by atoms with Gasteiger partial charge in [-0.25, -0.2) is 4.98 Å². The molecule has 0 aliphatic heterocycles. The van der Waals surface area contributed by atoms with Gasteiger partial charge < -0.3 is 11.1 Å². The zero-order chi connectivity index (χ0) is 10.7. The Kier molecular flexibility index (Phi) is 3.32. The number of Topliss-reactive ketones (excluding diaryl/α,β-unsaturated/α-hetero) is 1. The fraction of sp³-hybridized carbons (Fsp3) is 0.375. The van der Waals surface area contributed by atoms with Gasteiger partial charge >= 0.3 is 0 Å². The molecule has 1 amide bonds. The van der Waals surface area contributed by atoms with E-state index in [2.05, 4.69) is 10.3 Å². The molecule has 0 saturated heterocycles. The minimum absolute atomic E-state index is 0.123. The zero-order valence-corrected chi connectivity index (χ0v) is 8.72. The summed E-state index contributed by atoms with van der Waals surface area (Å²) >= 11 is 1.20. The molecule has 0 spiro atoms. The number of nitrogens with two attached hydrogens (primary N) is 1. The van der Waals surface area contributed by atoms with Crippen molar-refractivity contribution in [2.75, 3.05) is 5.32 Å². The molecule has 0 bridgehead atoms. The molecule has 3 N–H and O–H groups in total. The fourth-order valence-corrected chi connectivity index (χ4v) is 1.46. The molecule has 1 rings (SSSR count). The SMILES string of the molecule is CC(=O)c1csc(NC(=O)[C@H](C)N)n1. The maximum absolute atomic E-state index is 11.1. The van der Waals surface area contributed by atoms with E-state index in [-0.39, 0.29) is 11.7 Å². The van der Waals surface area contributed by atoms with Crippen LogP contribution in [0.4, 0.5) is 5.13 Å². The average molecular weight is 213 g/mol. The third-order valence-corrected chi connectivity index (χ3v) is 2.27. The molecule has 14 heavy (non-hydrogen) atoms. The van der Waals surface area contributed by atoms with Crippen molar-refractivity contribution in [2.45, 2.75) is 19.9 Å². The lowest BCUT2D eigenvalue weighted by atomic mass is 10.3. The molecular weight excluding hydrogens is 202 g/mol. The van der Waals surface area contributed by atoms with Crippen LogP contribution in [0.5, 0.6) is 0 Å². The third-order valence-electron chi connectivity index (χ3n) is 1.51. The van der Waals surface area contributed by atoms with E-state index in [0.29, 0.717) is 10.8 Å². The molecule has 6 heteroatoms. The number of hydrogen-bond donors (Lipinski definition) is 2. The van der Waals surface area contributed by atoms with Crippen LogP contribution < -0.4 is 11.1 Å². The molecule has 0 radical (unpaired) electrons. The molecule has 0 fully saturated rings. The maximum atomic E-state index is 11.1. The monoisotopic (exact) mass is 213 g/mol. The standard InChI is InChI=1S/C8H11N3O2S/c1-4(9)7(13)11-8-10-6(3-14-8)5(2)12/h3-4H,9H2,1-2H3,(H,10,11,13)/t4-/m0/s1.